The highest BCUT2D eigenvalue weighted by atomic mass is 16.5. The molecule has 4 rings (SSSR count). The van der Waals surface area contributed by atoms with Crippen LogP contribution in [0.3, 0.4) is 0 Å². The minimum Gasteiger partial charge on any atom is -0.373 e. The van der Waals surface area contributed by atoms with Gasteiger partial charge in [-0.05, 0) is 44.0 Å². The van der Waals surface area contributed by atoms with E-state index in [2.05, 4.69) is 47.3 Å². The van der Waals surface area contributed by atoms with Crippen LogP contribution in [0.1, 0.15) is 35.2 Å². The molecule has 1 aromatic carbocycles. The molecular formula is C22H27N3O2. The third-order valence-electron chi connectivity index (χ3n) is 5.98. The van der Waals surface area contributed by atoms with E-state index in [1.165, 1.54) is 5.56 Å². The van der Waals surface area contributed by atoms with E-state index < -0.39 is 0 Å². The number of benzene rings is 1. The Balaban J connectivity index is 1.32. The lowest BCUT2D eigenvalue weighted by atomic mass is 9.87. The summed E-state index contributed by atoms with van der Waals surface area (Å²) in [7, 11) is 2.18. The van der Waals surface area contributed by atoms with Gasteiger partial charge < -0.3 is 9.64 Å². The number of rotatable bonds is 4. The van der Waals surface area contributed by atoms with Crippen LogP contribution in [0.5, 0.6) is 0 Å². The molecule has 27 heavy (non-hydrogen) atoms. The summed E-state index contributed by atoms with van der Waals surface area (Å²) < 4.78 is 6.30. The van der Waals surface area contributed by atoms with Crippen LogP contribution in [0.15, 0.2) is 54.9 Å². The first-order valence-corrected chi connectivity index (χ1v) is 9.73. The normalized spacial score (nSPS) is 21.7. The van der Waals surface area contributed by atoms with Gasteiger partial charge in [-0.15, -0.1) is 0 Å². The fraction of sp³-hybridized carbons (Fsp3) is 0.455. The lowest BCUT2D eigenvalue weighted by molar-refractivity contribution is -0.0393. The van der Waals surface area contributed by atoms with E-state index in [0.717, 1.165) is 45.5 Å². The molecule has 2 aliphatic rings. The molecule has 142 valence electrons. The maximum atomic E-state index is 12.6. The van der Waals surface area contributed by atoms with Crippen LogP contribution in [0.2, 0.25) is 0 Å². The van der Waals surface area contributed by atoms with Gasteiger partial charge in [0.25, 0.3) is 5.91 Å². The highest BCUT2D eigenvalue weighted by Crippen LogP contribution is 2.38. The van der Waals surface area contributed by atoms with Crippen molar-refractivity contribution in [3.8, 4) is 0 Å². The number of likely N-dealkylation sites (tertiary alicyclic amines) is 1. The number of ether oxygens (including phenoxy) is 1. The lowest BCUT2D eigenvalue weighted by Crippen LogP contribution is -2.47. The molecular weight excluding hydrogens is 338 g/mol. The molecule has 2 saturated heterocycles. The zero-order valence-electron chi connectivity index (χ0n) is 15.9. The zero-order valence-corrected chi connectivity index (χ0v) is 15.9. The number of carbonyl (C=O) groups excluding carboxylic acids is 1. The summed E-state index contributed by atoms with van der Waals surface area (Å²) in [5.74, 6) is 0.1000. The van der Waals surface area contributed by atoms with E-state index in [9.17, 15) is 4.79 Å². The number of carbonyl (C=O) groups is 1. The van der Waals surface area contributed by atoms with Crippen LogP contribution in [-0.2, 0) is 11.3 Å². The van der Waals surface area contributed by atoms with Crippen molar-refractivity contribution in [2.45, 2.75) is 37.5 Å². The molecule has 2 fully saturated rings. The van der Waals surface area contributed by atoms with Gasteiger partial charge in [-0.25, -0.2) is 0 Å². The number of hydrogen-bond donors (Lipinski definition) is 0. The second-order valence-corrected chi connectivity index (χ2v) is 7.78. The van der Waals surface area contributed by atoms with Gasteiger partial charge in [-0.2, -0.15) is 0 Å². The molecule has 5 nitrogen and oxygen atoms in total. The molecule has 1 spiro atoms. The number of amides is 1. The minimum atomic E-state index is -0.0648. The largest absolute Gasteiger partial charge is 0.373 e. The molecule has 2 aromatic rings. The summed E-state index contributed by atoms with van der Waals surface area (Å²) >= 11 is 0. The molecule has 3 heterocycles. The zero-order chi connectivity index (χ0) is 18.7. The number of aromatic nitrogens is 1. The Labute approximate surface area is 161 Å². The van der Waals surface area contributed by atoms with E-state index in [1.54, 1.807) is 24.5 Å². The number of pyridine rings is 1. The molecule has 0 unspecified atom stereocenters. The first-order chi connectivity index (χ1) is 13.2. The number of nitrogens with zero attached hydrogens (tertiary/aromatic N) is 3. The standard InChI is InChI=1S/C22H27N3O2/c1-24(16-18-5-3-2-4-6-18)20-15-22(27-17-20)9-13-25(14-10-22)21(26)19-7-11-23-12-8-19/h2-8,11-12,20H,9-10,13-17H2,1H3/t20-/m0/s1. The Morgan fingerprint density at radius 1 is 1.19 bits per heavy atom. The van der Waals surface area contributed by atoms with Gasteiger partial charge in [-0.3, -0.25) is 14.7 Å². The fourth-order valence-corrected chi connectivity index (χ4v) is 4.25. The summed E-state index contributed by atoms with van der Waals surface area (Å²) in [5.41, 5.74) is 1.98. The highest BCUT2D eigenvalue weighted by Gasteiger charge is 2.44. The van der Waals surface area contributed by atoms with Crippen molar-refractivity contribution in [3.63, 3.8) is 0 Å². The van der Waals surface area contributed by atoms with Crippen molar-refractivity contribution in [2.24, 2.45) is 0 Å². The van der Waals surface area contributed by atoms with E-state index >= 15 is 0 Å². The van der Waals surface area contributed by atoms with Gasteiger partial charge in [0, 0.05) is 43.6 Å². The Morgan fingerprint density at radius 3 is 2.59 bits per heavy atom. The average Bonchev–Trinajstić information content (AvgIpc) is 3.13. The lowest BCUT2D eigenvalue weighted by Gasteiger charge is -2.39. The van der Waals surface area contributed by atoms with Crippen molar-refractivity contribution < 1.29 is 9.53 Å². The first kappa shape index (κ1) is 18.1. The quantitative estimate of drug-likeness (QED) is 0.836. The van der Waals surface area contributed by atoms with Crippen LogP contribution in [-0.4, -0.2) is 59.1 Å². The molecule has 0 bridgehead atoms. The SMILES string of the molecule is CN(Cc1ccccc1)[C@@H]1COC2(CCN(C(=O)c3ccncc3)CC2)C1. The summed E-state index contributed by atoms with van der Waals surface area (Å²) in [6.45, 7) is 3.24. The molecule has 1 atom stereocenters. The molecule has 0 saturated carbocycles. The van der Waals surface area contributed by atoms with Crippen LogP contribution < -0.4 is 0 Å². The molecule has 5 heteroatoms. The Bertz CT molecular complexity index is 758. The fourth-order valence-electron chi connectivity index (χ4n) is 4.25. The summed E-state index contributed by atoms with van der Waals surface area (Å²) in [5, 5.41) is 0. The van der Waals surface area contributed by atoms with Gasteiger partial charge in [0.1, 0.15) is 0 Å². The molecule has 0 N–H and O–H groups in total. The van der Waals surface area contributed by atoms with Crippen molar-refractivity contribution in [3.05, 3.63) is 66.0 Å². The average molecular weight is 365 g/mol. The van der Waals surface area contributed by atoms with E-state index in [0.29, 0.717) is 11.6 Å². The molecule has 1 amide bonds. The third kappa shape index (κ3) is 4.04. The van der Waals surface area contributed by atoms with Gasteiger partial charge in [0.2, 0.25) is 0 Å². The summed E-state index contributed by atoms with van der Waals surface area (Å²) in [4.78, 5) is 21.0. The summed E-state index contributed by atoms with van der Waals surface area (Å²) in [6, 6.07) is 14.6. The van der Waals surface area contributed by atoms with Crippen molar-refractivity contribution in [1.82, 2.24) is 14.8 Å². The highest BCUT2D eigenvalue weighted by molar-refractivity contribution is 5.94. The van der Waals surface area contributed by atoms with Crippen LogP contribution in [0, 0.1) is 0 Å². The van der Waals surface area contributed by atoms with Gasteiger partial charge >= 0.3 is 0 Å². The molecule has 0 aliphatic carbocycles. The van der Waals surface area contributed by atoms with E-state index in [4.69, 9.17) is 4.74 Å². The number of piperidine rings is 1. The third-order valence-corrected chi connectivity index (χ3v) is 5.98. The van der Waals surface area contributed by atoms with Gasteiger partial charge in [0.05, 0.1) is 12.2 Å². The Kier molecular flexibility index (Phi) is 5.23. The predicted molar refractivity (Wildman–Crippen MR) is 104 cm³/mol. The minimum absolute atomic E-state index is 0.0648. The Hall–Kier alpha value is -2.24. The summed E-state index contributed by atoms with van der Waals surface area (Å²) in [6.07, 6.45) is 6.23. The Morgan fingerprint density at radius 2 is 1.89 bits per heavy atom. The molecule has 0 radical (unpaired) electrons. The van der Waals surface area contributed by atoms with Crippen molar-refractivity contribution >= 4 is 5.91 Å². The maximum absolute atomic E-state index is 12.6. The van der Waals surface area contributed by atoms with E-state index in [-0.39, 0.29) is 11.5 Å². The van der Waals surface area contributed by atoms with Crippen LogP contribution >= 0.6 is 0 Å². The molecule has 2 aliphatic heterocycles. The van der Waals surface area contributed by atoms with Gasteiger partial charge in [-0.1, -0.05) is 30.3 Å². The first-order valence-electron chi connectivity index (χ1n) is 9.73. The number of likely N-dealkylation sites (N-methyl/N-ethyl adjacent to an activating group) is 1. The smallest absolute Gasteiger partial charge is 0.253 e. The van der Waals surface area contributed by atoms with Crippen LogP contribution in [0.4, 0.5) is 0 Å². The topological polar surface area (TPSA) is 45.7 Å². The van der Waals surface area contributed by atoms with Crippen molar-refractivity contribution in [1.29, 1.82) is 0 Å². The van der Waals surface area contributed by atoms with Crippen LogP contribution in [0.25, 0.3) is 0 Å². The molecule has 1 aromatic heterocycles. The maximum Gasteiger partial charge on any atom is 0.253 e. The predicted octanol–water partition coefficient (Wildman–Crippen LogP) is 2.98. The van der Waals surface area contributed by atoms with Crippen molar-refractivity contribution in [2.75, 3.05) is 26.7 Å². The van der Waals surface area contributed by atoms with E-state index in [1.807, 2.05) is 4.90 Å². The second kappa shape index (κ2) is 7.79. The van der Waals surface area contributed by atoms with Gasteiger partial charge in [0.15, 0.2) is 0 Å². The monoisotopic (exact) mass is 365 g/mol. The second-order valence-electron chi connectivity index (χ2n) is 7.78. The number of hydrogen-bond acceptors (Lipinski definition) is 4.